The van der Waals surface area contributed by atoms with Crippen molar-refractivity contribution in [3.63, 3.8) is 0 Å². The highest BCUT2D eigenvalue weighted by molar-refractivity contribution is 7.15. The van der Waals surface area contributed by atoms with E-state index in [1.807, 2.05) is 25.3 Å². The lowest BCUT2D eigenvalue weighted by Crippen LogP contribution is -2.13. The first-order chi connectivity index (χ1) is 9.83. The van der Waals surface area contributed by atoms with Crippen LogP contribution < -0.4 is 10.1 Å². The normalized spacial score (nSPS) is 10.7. The Morgan fingerprint density at radius 1 is 1.30 bits per heavy atom. The lowest BCUT2D eigenvalue weighted by molar-refractivity contribution is 0.340. The van der Waals surface area contributed by atoms with E-state index in [1.54, 1.807) is 11.3 Å². The zero-order valence-corrected chi connectivity index (χ0v) is 13.0. The Balaban J connectivity index is 1.99. The number of nitrogens with zero attached hydrogens (tertiary/aromatic N) is 1. The van der Waals surface area contributed by atoms with E-state index in [2.05, 4.69) is 29.4 Å². The van der Waals surface area contributed by atoms with Crippen molar-refractivity contribution in [2.45, 2.75) is 33.2 Å². The van der Waals surface area contributed by atoms with Crippen molar-refractivity contribution >= 4 is 11.3 Å². The quantitative estimate of drug-likeness (QED) is 0.743. The molecule has 0 unspecified atom stereocenters. The summed E-state index contributed by atoms with van der Waals surface area (Å²) in [5.74, 6) is 0.905. The molecule has 2 aromatic rings. The van der Waals surface area contributed by atoms with Gasteiger partial charge >= 0.3 is 0 Å². The largest absolute Gasteiger partial charge is 0.494 e. The minimum Gasteiger partial charge on any atom is -0.494 e. The minimum absolute atomic E-state index is 0.688. The summed E-state index contributed by atoms with van der Waals surface area (Å²) in [6, 6.07) is 8.13. The van der Waals surface area contributed by atoms with Crippen LogP contribution in [0.2, 0.25) is 0 Å². The second-order valence-electron chi connectivity index (χ2n) is 4.62. The van der Waals surface area contributed by atoms with Crippen LogP contribution in [0.15, 0.2) is 30.5 Å². The molecule has 0 atom stereocenters. The number of hydrogen-bond acceptors (Lipinski definition) is 4. The van der Waals surface area contributed by atoms with Gasteiger partial charge in [-0.15, -0.1) is 11.3 Å². The van der Waals surface area contributed by atoms with Gasteiger partial charge in [0.2, 0.25) is 0 Å². The fraction of sp³-hybridized carbons (Fsp3) is 0.438. The highest BCUT2D eigenvalue weighted by Gasteiger charge is 2.05. The Bertz CT molecular complexity index is 525. The number of benzene rings is 1. The molecular weight excluding hydrogens is 268 g/mol. The van der Waals surface area contributed by atoms with Crippen LogP contribution in [0.25, 0.3) is 10.6 Å². The average molecular weight is 290 g/mol. The summed E-state index contributed by atoms with van der Waals surface area (Å²) in [6.45, 7) is 6.87. The third-order valence-electron chi connectivity index (χ3n) is 2.95. The smallest absolute Gasteiger partial charge is 0.123 e. The van der Waals surface area contributed by atoms with Crippen molar-refractivity contribution in [2.75, 3.05) is 13.2 Å². The maximum atomic E-state index is 5.53. The Labute approximate surface area is 125 Å². The molecule has 0 amide bonds. The highest BCUT2D eigenvalue weighted by Crippen LogP contribution is 2.27. The van der Waals surface area contributed by atoms with Gasteiger partial charge in [-0.3, -0.25) is 0 Å². The molecule has 0 spiro atoms. The van der Waals surface area contributed by atoms with E-state index >= 15 is 0 Å². The summed E-state index contributed by atoms with van der Waals surface area (Å²) < 4.78 is 5.53. The van der Waals surface area contributed by atoms with Crippen molar-refractivity contribution in [1.29, 1.82) is 0 Å². The Morgan fingerprint density at radius 2 is 2.20 bits per heavy atom. The van der Waals surface area contributed by atoms with Gasteiger partial charge in [0.25, 0.3) is 0 Å². The van der Waals surface area contributed by atoms with E-state index in [9.17, 15) is 0 Å². The van der Waals surface area contributed by atoms with Crippen LogP contribution in [0.1, 0.15) is 31.6 Å². The third-order valence-corrected chi connectivity index (χ3v) is 4.00. The van der Waals surface area contributed by atoms with Gasteiger partial charge < -0.3 is 10.1 Å². The van der Waals surface area contributed by atoms with Gasteiger partial charge in [0, 0.05) is 23.2 Å². The predicted molar refractivity (Wildman–Crippen MR) is 85.3 cm³/mol. The van der Waals surface area contributed by atoms with Crippen LogP contribution in [0, 0.1) is 0 Å². The van der Waals surface area contributed by atoms with Gasteiger partial charge in [-0.05, 0) is 32.0 Å². The van der Waals surface area contributed by atoms with Gasteiger partial charge in [-0.2, -0.15) is 0 Å². The lowest BCUT2D eigenvalue weighted by Gasteiger charge is -2.03. The molecule has 20 heavy (non-hydrogen) atoms. The molecule has 0 aliphatic carbocycles. The second-order valence-corrected chi connectivity index (χ2v) is 5.74. The predicted octanol–water partition coefficient (Wildman–Crippen LogP) is 4.10. The molecule has 2 rings (SSSR count). The standard InChI is InChI=1S/C16H22N2OS/c1-3-5-9-17-11-15-12-18-16(20-15)13-7-6-8-14(10-13)19-4-2/h6-8,10,12,17H,3-5,9,11H2,1-2H3. The molecule has 0 aliphatic rings. The molecule has 1 heterocycles. The highest BCUT2D eigenvalue weighted by atomic mass is 32.1. The molecule has 0 bridgehead atoms. The Hall–Kier alpha value is -1.39. The summed E-state index contributed by atoms with van der Waals surface area (Å²) in [5, 5.41) is 4.50. The molecule has 0 aliphatic heterocycles. The van der Waals surface area contributed by atoms with Crippen molar-refractivity contribution < 1.29 is 4.74 Å². The van der Waals surface area contributed by atoms with Crippen molar-refractivity contribution in [2.24, 2.45) is 0 Å². The molecular formula is C16H22N2OS. The van der Waals surface area contributed by atoms with E-state index in [0.29, 0.717) is 6.61 Å². The van der Waals surface area contributed by atoms with Gasteiger partial charge in [-0.1, -0.05) is 25.5 Å². The molecule has 1 aromatic carbocycles. The summed E-state index contributed by atoms with van der Waals surface area (Å²) in [6.07, 6.45) is 4.42. The van der Waals surface area contributed by atoms with Crippen LogP contribution in [-0.2, 0) is 6.54 Å². The molecule has 0 saturated carbocycles. The molecule has 1 N–H and O–H groups in total. The topological polar surface area (TPSA) is 34.2 Å². The van der Waals surface area contributed by atoms with E-state index in [1.165, 1.54) is 17.7 Å². The van der Waals surface area contributed by atoms with Gasteiger partial charge in [-0.25, -0.2) is 4.98 Å². The first-order valence-corrected chi connectivity index (χ1v) is 8.03. The fourth-order valence-electron chi connectivity index (χ4n) is 1.92. The van der Waals surface area contributed by atoms with Crippen LogP contribution in [-0.4, -0.2) is 18.1 Å². The molecule has 3 nitrogen and oxygen atoms in total. The average Bonchev–Trinajstić information content (AvgIpc) is 2.93. The van der Waals surface area contributed by atoms with Crippen LogP contribution in [0.4, 0.5) is 0 Å². The number of hydrogen-bond donors (Lipinski definition) is 1. The summed E-state index contributed by atoms with van der Waals surface area (Å²) in [5.41, 5.74) is 1.13. The zero-order valence-electron chi connectivity index (χ0n) is 12.2. The minimum atomic E-state index is 0.688. The number of thiazole rings is 1. The first-order valence-electron chi connectivity index (χ1n) is 7.22. The SMILES string of the molecule is CCCCNCc1cnc(-c2cccc(OCC)c2)s1. The van der Waals surface area contributed by atoms with Crippen molar-refractivity contribution in [3.8, 4) is 16.3 Å². The monoisotopic (exact) mass is 290 g/mol. The molecule has 0 saturated heterocycles. The molecule has 0 fully saturated rings. The molecule has 4 heteroatoms. The molecule has 108 valence electrons. The molecule has 1 aromatic heterocycles. The van der Waals surface area contributed by atoms with Gasteiger partial charge in [0.1, 0.15) is 10.8 Å². The number of unbranched alkanes of at least 4 members (excludes halogenated alkanes) is 1. The molecule has 0 radical (unpaired) electrons. The fourth-order valence-corrected chi connectivity index (χ4v) is 2.80. The number of aromatic nitrogens is 1. The summed E-state index contributed by atoms with van der Waals surface area (Å²) in [7, 11) is 0. The zero-order chi connectivity index (χ0) is 14.2. The van der Waals surface area contributed by atoms with Crippen molar-refractivity contribution in [1.82, 2.24) is 10.3 Å². The van der Waals surface area contributed by atoms with Gasteiger partial charge in [0.15, 0.2) is 0 Å². The number of nitrogens with one attached hydrogen (secondary N) is 1. The maximum absolute atomic E-state index is 5.53. The lowest BCUT2D eigenvalue weighted by atomic mass is 10.2. The van der Waals surface area contributed by atoms with E-state index in [0.717, 1.165) is 29.4 Å². The van der Waals surface area contributed by atoms with Crippen LogP contribution in [0.3, 0.4) is 0 Å². The Morgan fingerprint density at radius 3 is 3.00 bits per heavy atom. The first kappa shape index (κ1) is 15.0. The number of ether oxygens (including phenoxy) is 1. The van der Waals surface area contributed by atoms with Crippen LogP contribution >= 0.6 is 11.3 Å². The maximum Gasteiger partial charge on any atom is 0.123 e. The van der Waals surface area contributed by atoms with Gasteiger partial charge in [0.05, 0.1) is 6.61 Å². The van der Waals surface area contributed by atoms with E-state index in [-0.39, 0.29) is 0 Å². The third kappa shape index (κ3) is 4.32. The summed E-state index contributed by atoms with van der Waals surface area (Å²) >= 11 is 1.74. The van der Waals surface area contributed by atoms with Crippen molar-refractivity contribution in [3.05, 3.63) is 35.3 Å². The Kier molecular flexibility index (Phi) is 6.02. The second kappa shape index (κ2) is 8.02. The number of rotatable bonds is 8. The van der Waals surface area contributed by atoms with E-state index < -0.39 is 0 Å². The summed E-state index contributed by atoms with van der Waals surface area (Å²) in [4.78, 5) is 5.79. The van der Waals surface area contributed by atoms with E-state index in [4.69, 9.17) is 4.74 Å². The van der Waals surface area contributed by atoms with Crippen LogP contribution in [0.5, 0.6) is 5.75 Å².